The number of nitrogens with one attached hydrogen (secondary N) is 1. The first-order valence-electron chi connectivity index (χ1n) is 11.1. The van der Waals surface area contributed by atoms with Gasteiger partial charge < -0.3 is 19.6 Å². The minimum atomic E-state index is -0.481. The van der Waals surface area contributed by atoms with E-state index in [1.54, 1.807) is 0 Å². The highest BCUT2D eigenvalue weighted by molar-refractivity contribution is 5.87. The lowest BCUT2D eigenvalue weighted by Crippen LogP contribution is -2.50. The van der Waals surface area contributed by atoms with Gasteiger partial charge >= 0.3 is 6.09 Å². The average molecular weight is 416 g/mol. The molecule has 4 rings (SSSR count). The summed E-state index contributed by atoms with van der Waals surface area (Å²) in [6.45, 7) is 4.57. The molecule has 3 fully saturated rings. The van der Waals surface area contributed by atoms with Crippen molar-refractivity contribution in [1.29, 1.82) is 0 Å². The number of hydrogen-bond donors (Lipinski definition) is 2. The van der Waals surface area contributed by atoms with Crippen LogP contribution >= 0.6 is 0 Å². The molecule has 1 spiro atoms. The van der Waals surface area contributed by atoms with Crippen LogP contribution in [0.1, 0.15) is 50.5 Å². The number of anilines is 2. The van der Waals surface area contributed by atoms with Crippen LogP contribution in [0, 0.1) is 12.3 Å². The number of aryl methyl sites for hydroxylation is 1. The van der Waals surface area contributed by atoms with Crippen LogP contribution in [0.4, 0.5) is 16.2 Å². The summed E-state index contributed by atoms with van der Waals surface area (Å²) in [6.07, 6.45) is 5.64. The molecular weight excluding hydrogens is 382 g/mol. The van der Waals surface area contributed by atoms with Crippen LogP contribution in [0.15, 0.2) is 18.2 Å². The molecule has 7 nitrogen and oxygen atoms in total. The lowest BCUT2D eigenvalue weighted by atomic mass is 9.78. The molecule has 0 bridgehead atoms. The number of benzene rings is 1. The van der Waals surface area contributed by atoms with Gasteiger partial charge in [0.1, 0.15) is 0 Å². The van der Waals surface area contributed by atoms with E-state index in [1.807, 2.05) is 25.1 Å². The Bertz CT molecular complexity index is 806. The van der Waals surface area contributed by atoms with Crippen molar-refractivity contribution in [1.82, 2.24) is 4.90 Å². The van der Waals surface area contributed by atoms with Gasteiger partial charge in [-0.25, -0.2) is 4.79 Å². The quantitative estimate of drug-likeness (QED) is 0.792. The first-order chi connectivity index (χ1) is 14.4. The van der Waals surface area contributed by atoms with Crippen LogP contribution in [-0.2, 0) is 9.53 Å². The third kappa shape index (κ3) is 4.00. The Morgan fingerprint density at radius 1 is 1.20 bits per heavy atom. The molecule has 7 heteroatoms. The largest absolute Gasteiger partial charge is 0.453 e. The summed E-state index contributed by atoms with van der Waals surface area (Å²) < 4.78 is 4.67. The number of piperidine rings is 1. The predicted molar refractivity (Wildman–Crippen MR) is 116 cm³/mol. The van der Waals surface area contributed by atoms with Crippen molar-refractivity contribution in [3.8, 4) is 0 Å². The molecule has 1 aromatic carbocycles. The minimum Gasteiger partial charge on any atom is -0.453 e. The molecule has 1 aliphatic carbocycles. The Labute approximate surface area is 178 Å². The fourth-order valence-corrected chi connectivity index (χ4v) is 5.54. The van der Waals surface area contributed by atoms with E-state index in [1.165, 1.54) is 7.11 Å². The van der Waals surface area contributed by atoms with Crippen LogP contribution in [0.2, 0.25) is 0 Å². The number of likely N-dealkylation sites (tertiary alicyclic amines) is 1. The molecule has 3 aliphatic rings. The van der Waals surface area contributed by atoms with Crippen LogP contribution in [0.5, 0.6) is 0 Å². The van der Waals surface area contributed by atoms with Crippen molar-refractivity contribution in [3.63, 3.8) is 0 Å². The Morgan fingerprint density at radius 3 is 2.67 bits per heavy atom. The number of methoxy groups -OCH3 is 1. The summed E-state index contributed by atoms with van der Waals surface area (Å²) in [7, 11) is 1.35. The number of carbonyl (C=O) groups is 2. The number of aliphatic hydroxyl groups excluding tert-OH is 1. The van der Waals surface area contributed by atoms with E-state index >= 15 is 0 Å². The summed E-state index contributed by atoms with van der Waals surface area (Å²) >= 11 is 0. The number of aliphatic hydroxyl groups is 1. The summed E-state index contributed by atoms with van der Waals surface area (Å²) in [5.74, 6) is 0.315. The zero-order valence-corrected chi connectivity index (χ0v) is 18.0. The maximum Gasteiger partial charge on any atom is 0.411 e. The molecule has 1 saturated carbocycles. The lowest BCUT2D eigenvalue weighted by Gasteiger charge is -2.42. The first-order valence-corrected chi connectivity index (χ1v) is 11.1. The van der Waals surface area contributed by atoms with Gasteiger partial charge in [-0.1, -0.05) is 0 Å². The first kappa shape index (κ1) is 21.0. The highest BCUT2D eigenvalue weighted by atomic mass is 16.5. The van der Waals surface area contributed by atoms with Crippen LogP contribution in [0.3, 0.4) is 0 Å². The van der Waals surface area contributed by atoms with Gasteiger partial charge in [-0.05, 0) is 75.6 Å². The van der Waals surface area contributed by atoms with Crippen molar-refractivity contribution >= 4 is 23.4 Å². The lowest BCUT2D eigenvalue weighted by molar-refractivity contribution is -0.139. The molecule has 1 aromatic rings. The molecule has 164 valence electrons. The zero-order valence-electron chi connectivity index (χ0n) is 18.0. The molecule has 2 N–H and O–H groups in total. The minimum absolute atomic E-state index is 0.197. The fraction of sp³-hybridized carbons (Fsp3) is 0.652. The maximum absolute atomic E-state index is 13.5. The van der Waals surface area contributed by atoms with Crippen molar-refractivity contribution in [2.75, 3.05) is 37.0 Å². The third-order valence-electron chi connectivity index (χ3n) is 7.20. The Morgan fingerprint density at radius 2 is 1.97 bits per heavy atom. The number of ether oxygens (including phenoxy) is 1. The Kier molecular flexibility index (Phi) is 5.91. The number of nitrogens with zero attached hydrogens (tertiary/aromatic N) is 2. The topological polar surface area (TPSA) is 82.1 Å². The van der Waals surface area contributed by atoms with Gasteiger partial charge in [-0.2, -0.15) is 0 Å². The smallest absolute Gasteiger partial charge is 0.411 e. The van der Waals surface area contributed by atoms with Crippen molar-refractivity contribution in [2.24, 2.45) is 5.41 Å². The number of rotatable bonds is 3. The van der Waals surface area contributed by atoms with Crippen molar-refractivity contribution in [2.45, 2.75) is 64.0 Å². The summed E-state index contributed by atoms with van der Waals surface area (Å²) in [5.41, 5.74) is 2.61. The third-order valence-corrected chi connectivity index (χ3v) is 7.20. The van der Waals surface area contributed by atoms with Crippen LogP contribution in [0.25, 0.3) is 0 Å². The van der Waals surface area contributed by atoms with Gasteiger partial charge in [0.15, 0.2) is 0 Å². The Balaban J connectivity index is 1.47. The predicted octanol–water partition coefficient (Wildman–Crippen LogP) is 3.30. The van der Waals surface area contributed by atoms with Gasteiger partial charge in [0, 0.05) is 37.1 Å². The van der Waals surface area contributed by atoms with Crippen LogP contribution in [-0.4, -0.2) is 60.9 Å². The van der Waals surface area contributed by atoms with Gasteiger partial charge in [0.2, 0.25) is 5.91 Å². The van der Waals surface area contributed by atoms with E-state index < -0.39 is 6.09 Å². The molecule has 1 atom stereocenters. The highest BCUT2D eigenvalue weighted by Gasteiger charge is 2.50. The number of hydrogen-bond acceptors (Lipinski definition) is 5. The second kappa shape index (κ2) is 8.46. The zero-order chi connectivity index (χ0) is 21.3. The fourth-order valence-electron chi connectivity index (χ4n) is 5.54. The molecule has 0 radical (unpaired) electrons. The molecule has 0 aromatic heterocycles. The van der Waals surface area contributed by atoms with E-state index in [0.29, 0.717) is 17.6 Å². The molecule has 2 aliphatic heterocycles. The molecule has 2 heterocycles. The second-order valence-electron chi connectivity index (χ2n) is 9.13. The van der Waals surface area contributed by atoms with Gasteiger partial charge in [-0.3, -0.25) is 10.1 Å². The van der Waals surface area contributed by atoms with Crippen molar-refractivity contribution in [3.05, 3.63) is 23.8 Å². The van der Waals surface area contributed by atoms with E-state index in [4.69, 9.17) is 0 Å². The van der Waals surface area contributed by atoms with E-state index in [-0.39, 0.29) is 11.5 Å². The Hall–Kier alpha value is -2.28. The second-order valence-corrected chi connectivity index (χ2v) is 9.13. The van der Waals surface area contributed by atoms with Crippen LogP contribution < -0.4 is 10.2 Å². The van der Waals surface area contributed by atoms with Gasteiger partial charge in [0.25, 0.3) is 0 Å². The van der Waals surface area contributed by atoms with Gasteiger partial charge in [0.05, 0.1) is 18.6 Å². The summed E-state index contributed by atoms with van der Waals surface area (Å²) in [6, 6.07) is 6.15. The molecule has 0 unspecified atom stereocenters. The molecule has 30 heavy (non-hydrogen) atoms. The monoisotopic (exact) mass is 415 g/mol. The summed E-state index contributed by atoms with van der Waals surface area (Å²) in [5, 5.41) is 12.5. The van der Waals surface area contributed by atoms with E-state index in [9.17, 15) is 14.7 Å². The number of amides is 2. The van der Waals surface area contributed by atoms with E-state index in [2.05, 4.69) is 19.9 Å². The van der Waals surface area contributed by atoms with E-state index in [0.717, 1.165) is 75.8 Å². The number of carbonyl (C=O) groups excluding carboxylic acids is 2. The van der Waals surface area contributed by atoms with Gasteiger partial charge in [-0.15, -0.1) is 0 Å². The highest BCUT2D eigenvalue weighted by Crippen LogP contribution is 2.44. The standard InChI is InChI=1S/C23H33N3O4/c1-16-14-17(24-22(29)30-2)4-9-20(16)25-12-3-10-23(15-25)11-13-26(21(23)28)18-5-7-19(27)8-6-18/h4,9,14,18-19,27H,3,5-8,10-13,15H2,1-2H3,(H,24,29)/t18-,19-,23-/m1/s1. The maximum atomic E-state index is 13.5. The normalized spacial score (nSPS) is 29.4. The van der Waals surface area contributed by atoms with Crippen molar-refractivity contribution < 1.29 is 19.4 Å². The molecular formula is C23H33N3O4. The summed E-state index contributed by atoms with van der Waals surface area (Å²) in [4.78, 5) is 29.4. The molecule has 2 saturated heterocycles. The SMILES string of the molecule is COC(=O)Nc1ccc(N2CCC[C@@]3(CCN([C@H]4CC[C@H](O)CC4)C3=O)C2)c(C)c1. The average Bonchev–Trinajstić information content (AvgIpc) is 3.04. The molecule has 2 amide bonds.